The van der Waals surface area contributed by atoms with Crippen molar-refractivity contribution < 1.29 is 9.53 Å². The molecular formula is C22H28N6O2. The molecule has 0 spiro atoms. The topological polar surface area (TPSA) is 94.0 Å². The van der Waals surface area contributed by atoms with Gasteiger partial charge in [0.05, 0.1) is 11.0 Å². The first-order valence-corrected chi connectivity index (χ1v) is 10.3. The number of fused-ring (bicyclic) bond motifs is 1. The molecule has 4 rings (SSSR count). The number of anilines is 2. The Morgan fingerprint density at radius 2 is 1.90 bits per heavy atom. The fourth-order valence-corrected chi connectivity index (χ4v) is 3.72. The minimum absolute atomic E-state index is 0.0338. The summed E-state index contributed by atoms with van der Waals surface area (Å²) in [5.41, 5.74) is 3.15. The van der Waals surface area contributed by atoms with E-state index in [1.165, 1.54) is 0 Å². The van der Waals surface area contributed by atoms with Crippen LogP contribution in [0.3, 0.4) is 0 Å². The van der Waals surface area contributed by atoms with Crippen molar-refractivity contribution in [1.29, 1.82) is 0 Å². The summed E-state index contributed by atoms with van der Waals surface area (Å²) in [6.45, 7) is 7.82. The zero-order chi connectivity index (χ0) is 21.3. The van der Waals surface area contributed by atoms with Gasteiger partial charge < -0.3 is 19.9 Å². The standard InChI is InChI=1S/C22H28N6O2/c1-22(2,3)21-25-17-13-15(5-7-18(17)28(21)4)23-19-8-6-16(26-27-19)20(29)24-14-9-11-30-12-10-14/h5-8,13-14H,9-12H2,1-4H3,(H,23,27)(H,24,29). The zero-order valence-corrected chi connectivity index (χ0v) is 17.9. The van der Waals surface area contributed by atoms with Crippen LogP contribution in [0.25, 0.3) is 11.0 Å². The first-order valence-electron chi connectivity index (χ1n) is 10.3. The van der Waals surface area contributed by atoms with Gasteiger partial charge in [0.25, 0.3) is 5.91 Å². The number of hydrogen-bond acceptors (Lipinski definition) is 6. The highest BCUT2D eigenvalue weighted by Crippen LogP contribution is 2.27. The summed E-state index contributed by atoms with van der Waals surface area (Å²) < 4.78 is 7.45. The Hall–Kier alpha value is -3.00. The van der Waals surface area contributed by atoms with Gasteiger partial charge in [-0.3, -0.25) is 4.79 Å². The molecule has 3 aromatic rings. The average Bonchev–Trinajstić information content (AvgIpc) is 3.06. The number of rotatable bonds is 4. The van der Waals surface area contributed by atoms with Gasteiger partial charge in [0.2, 0.25) is 0 Å². The molecule has 0 bridgehead atoms. The second kappa shape index (κ2) is 8.02. The molecule has 8 nitrogen and oxygen atoms in total. The maximum atomic E-state index is 12.4. The van der Waals surface area contributed by atoms with E-state index in [0.717, 1.165) is 35.4 Å². The summed E-state index contributed by atoms with van der Waals surface area (Å²) in [4.78, 5) is 17.2. The molecule has 30 heavy (non-hydrogen) atoms. The second-order valence-corrected chi connectivity index (χ2v) is 8.74. The third kappa shape index (κ3) is 4.28. The van der Waals surface area contributed by atoms with Crippen molar-refractivity contribution in [2.45, 2.75) is 45.1 Å². The molecular weight excluding hydrogens is 380 g/mol. The van der Waals surface area contributed by atoms with E-state index in [1.807, 2.05) is 25.2 Å². The molecule has 0 atom stereocenters. The molecule has 158 valence electrons. The van der Waals surface area contributed by atoms with Crippen LogP contribution in [0.4, 0.5) is 11.5 Å². The van der Waals surface area contributed by atoms with E-state index in [-0.39, 0.29) is 17.4 Å². The van der Waals surface area contributed by atoms with E-state index in [0.29, 0.717) is 24.7 Å². The lowest BCUT2D eigenvalue weighted by Crippen LogP contribution is -2.39. The number of carbonyl (C=O) groups is 1. The number of ether oxygens (including phenoxy) is 1. The second-order valence-electron chi connectivity index (χ2n) is 8.74. The molecule has 1 fully saturated rings. The molecule has 1 aromatic carbocycles. The Labute approximate surface area is 176 Å². The van der Waals surface area contributed by atoms with Crippen LogP contribution in [0.15, 0.2) is 30.3 Å². The molecule has 0 unspecified atom stereocenters. The number of amides is 1. The van der Waals surface area contributed by atoms with Gasteiger partial charge in [-0.2, -0.15) is 0 Å². The summed E-state index contributed by atoms with van der Waals surface area (Å²) in [6, 6.07) is 9.61. The van der Waals surface area contributed by atoms with Crippen molar-refractivity contribution in [3.8, 4) is 0 Å². The van der Waals surface area contributed by atoms with Gasteiger partial charge in [0.1, 0.15) is 5.82 Å². The Kier molecular flexibility index (Phi) is 5.42. The molecule has 2 aromatic heterocycles. The summed E-state index contributed by atoms with van der Waals surface area (Å²) in [6.07, 6.45) is 1.65. The minimum Gasteiger partial charge on any atom is -0.381 e. The van der Waals surface area contributed by atoms with E-state index >= 15 is 0 Å². The van der Waals surface area contributed by atoms with Gasteiger partial charge in [-0.15, -0.1) is 10.2 Å². The molecule has 1 aliphatic heterocycles. The maximum absolute atomic E-state index is 12.4. The van der Waals surface area contributed by atoms with Crippen molar-refractivity contribution in [3.63, 3.8) is 0 Å². The number of aryl methyl sites for hydroxylation is 1. The monoisotopic (exact) mass is 408 g/mol. The van der Waals surface area contributed by atoms with Gasteiger partial charge in [0, 0.05) is 37.4 Å². The number of imidazole rings is 1. The van der Waals surface area contributed by atoms with Gasteiger partial charge >= 0.3 is 0 Å². The van der Waals surface area contributed by atoms with Crippen LogP contribution in [0.1, 0.15) is 49.9 Å². The quantitative estimate of drug-likeness (QED) is 0.688. The van der Waals surface area contributed by atoms with E-state index in [2.05, 4.69) is 46.2 Å². The van der Waals surface area contributed by atoms with E-state index in [9.17, 15) is 4.79 Å². The highest BCUT2D eigenvalue weighted by molar-refractivity contribution is 5.92. The number of nitrogens with one attached hydrogen (secondary N) is 2. The molecule has 0 aliphatic carbocycles. The van der Waals surface area contributed by atoms with Crippen LogP contribution >= 0.6 is 0 Å². The van der Waals surface area contributed by atoms with Gasteiger partial charge in [0.15, 0.2) is 11.5 Å². The van der Waals surface area contributed by atoms with E-state index in [4.69, 9.17) is 9.72 Å². The Morgan fingerprint density at radius 3 is 2.57 bits per heavy atom. The van der Waals surface area contributed by atoms with Gasteiger partial charge in [-0.05, 0) is 43.2 Å². The van der Waals surface area contributed by atoms with E-state index in [1.54, 1.807) is 12.1 Å². The maximum Gasteiger partial charge on any atom is 0.272 e. The van der Waals surface area contributed by atoms with Crippen molar-refractivity contribution >= 4 is 28.4 Å². The molecule has 3 heterocycles. The molecule has 1 amide bonds. The third-order valence-corrected chi connectivity index (χ3v) is 5.28. The Balaban J connectivity index is 1.46. The van der Waals surface area contributed by atoms with Gasteiger partial charge in [-0.1, -0.05) is 20.8 Å². The highest BCUT2D eigenvalue weighted by Gasteiger charge is 2.21. The number of aromatic nitrogens is 4. The first kappa shape index (κ1) is 20.3. The summed E-state index contributed by atoms with van der Waals surface area (Å²) >= 11 is 0. The lowest BCUT2D eigenvalue weighted by molar-refractivity contribution is 0.0693. The minimum atomic E-state index is -0.203. The SMILES string of the molecule is Cn1c(C(C)(C)C)nc2cc(Nc3ccc(C(=O)NC4CCOCC4)nn3)ccc21. The van der Waals surface area contributed by atoms with Crippen molar-refractivity contribution in [2.75, 3.05) is 18.5 Å². The molecule has 8 heteroatoms. The molecule has 1 saturated heterocycles. The Bertz CT molecular complexity index is 1050. The average molecular weight is 409 g/mol. The predicted molar refractivity (Wildman–Crippen MR) is 116 cm³/mol. The number of nitrogens with zero attached hydrogens (tertiary/aromatic N) is 4. The molecule has 0 saturated carbocycles. The number of benzene rings is 1. The lowest BCUT2D eigenvalue weighted by Gasteiger charge is -2.22. The normalized spacial score (nSPS) is 15.3. The van der Waals surface area contributed by atoms with Crippen molar-refractivity contribution in [3.05, 3.63) is 41.9 Å². The van der Waals surface area contributed by atoms with Crippen LogP contribution in [-0.4, -0.2) is 44.9 Å². The Morgan fingerprint density at radius 1 is 1.13 bits per heavy atom. The van der Waals surface area contributed by atoms with Crippen LogP contribution in [0.5, 0.6) is 0 Å². The van der Waals surface area contributed by atoms with Crippen LogP contribution in [0.2, 0.25) is 0 Å². The fourth-order valence-electron chi connectivity index (χ4n) is 3.72. The number of hydrogen-bond donors (Lipinski definition) is 2. The van der Waals surface area contributed by atoms with Crippen molar-refractivity contribution in [2.24, 2.45) is 7.05 Å². The number of carbonyl (C=O) groups excluding carboxylic acids is 1. The van der Waals surface area contributed by atoms with Crippen LogP contribution in [-0.2, 0) is 17.2 Å². The summed E-state index contributed by atoms with van der Waals surface area (Å²) in [7, 11) is 2.04. The lowest BCUT2D eigenvalue weighted by atomic mass is 9.96. The predicted octanol–water partition coefficient (Wildman–Crippen LogP) is 3.31. The van der Waals surface area contributed by atoms with Crippen molar-refractivity contribution in [1.82, 2.24) is 25.1 Å². The first-order chi connectivity index (χ1) is 14.3. The smallest absolute Gasteiger partial charge is 0.272 e. The van der Waals surface area contributed by atoms with Crippen LogP contribution in [0, 0.1) is 0 Å². The third-order valence-electron chi connectivity index (χ3n) is 5.28. The summed E-state index contributed by atoms with van der Waals surface area (Å²) in [5.74, 6) is 1.41. The zero-order valence-electron chi connectivity index (χ0n) is 17.9. The molecule has 1 aliphatic rings. The largest absolute Gasteiger partial charge is 0.381 e. The van der Waals surface area contributed by atoms with Gasteiger partial charge in [-0.25, -0.2) is 4.98 Å². The molecule has 2 N–H and O–H groups in total. The van der Waals surface area contributed by atoms with E-state index < -0.39 is 0 Å². The fraction of sp³-hybridized carbons (Fsp3) is 0.455. The highest BCUT2D eigenvalue weighted by atomic mass is 16.5. The van der Waals surface area contributed by atoms with Crippen LogP contribution < -0.4 is 10.6 Å². The summed E-state index contributed by atoms with van der Waals surface area (Å²) in [5, 5.41) is 14.5. The molecule has 0 radical (unpaired) electrons.